The van der Waals surface area contributed by atoms with Crippen LogP contribution in [0.2, 0.25) is 0 Å². The smallest absolute Gasteiger partial charge is 0.146 e. The quantitative estimate of drug-likeness (QED) is 0.184. The molecule has 0 aliphatic carbocycles. The summed E-state index contributed by atoms with van der Waals surface area (Å²) in [5, 5.41) is 9.87. The van der Waals surface area contributed by atoms with Crippen LogP contribution in [0.4, 0.5) is 0 Å². The van der Waals surface area contributed by atoms with Crippen LogP contribution in [-0.4, -0.2) is 9.55 Å². The summed E-state index contributed by atoms with van der Waals surface area (Å²) < 4.78 is 5.04. The van der Waals surface area contributed by atoms with Gasteiger partial charge in [0.2, 0.25) is 0 Å². The predicted molar refractivity (Wildman–Crippen MR) is 197 cm³/mol. The third-order valence-corrected chi connectivity index (χ3v) is 10.6. The Morgan fingerprint density at radius 3 is 1.93 bits per heavy atom. The molecule has 0 saturated heterocycles. The molecule has 0 aliphatic rings. The van der Waals surface area contributed by atoms with Crippen LogP contribution < -0.4 is 0 Å². The highest BCUT2D eigenvalue weighted by Crippen LogP contribution is 2.43. The maximum Gasteiger partial charge on any atom is 0.146 e. The topological polar surface area (TPSA) is 17.8 Å². The summed E-state index contributed by atoms with van der Waals surface area (Å²) >= 11 is 1.87. The highest BCUT2D eigenvalue weighted by atomic mass is 32.1. The van der Waals surface area contributed by atoms with Crippen molar-refractivity contribution in [2.45, 2.75) is 0 Å². The average Bonchev–Trinajstić information content (AvgIpc) is 3.71. The molecule has 0 radical (unpaired) electrons. The molecule has 0 atom stereocenters. The van der Waals surface area contributed by atoms with E-state index in [1.807, 2.05) is 11.3 Å². The van der Waals surface area contributed by atoms with Crippen molar-refractivity contribution in [2.75, 3.05) is 0 Å². The Kier molecular flexibility index (Phi) is 5.48. The summed E-state index contributed by atoms with van der Waals surface area (Å²) in [7, 11) is 0. The van der Waals surface area contributed by atoms with Gasteiger partial charge in [0.05, 0.1) is 11.0 Å². The van der Waals surface area contributed by atoms with E-state index < -0.39 is 0 Å². The van der Waals surface area contributed by atoms with Gasteiger partial charge in [-0.2, -0.15) is 0 Å². The van der Waals surface area contributed by atoms with Gasteiger partial charge >= 0.3 is 0 Å². The van der Waals surface area contributed by atoms with Crippen LogP contribution in [-0.2, 0) is 0 Å². The number of nitrogens with zero attached hydrogens (tertiary/aromatic N) is 2. The number of rotatable bonds is 3. The predicted octanol–water partition coefficient (Wildman–Crippen LogP) is 12.2. The molecule has 10 rings (SSSR count). The molecule has 0 aliphatic heterocycles. The van der Waals surface area contributed by atoms with Gasteiger partial charge in [-0.05, 0) is 50.9 Å². The number of fused-ring (bicyclic) bond motifs is 10. The SMILES string of the molecule is c1cc(-c2cccc3c2sc2ccccc23)cc(-n2c(-c3cccc4ccccc34)nc3c4ccccc4c4ccccc4c32)c1. The van der Waals surface area contributed by atoms with E-state index in [1.165, 1.54) is 63.6 Å². The lowest BCUT2D eigenvalue weighted by Crippen LogP contribution is -1.99. The zero-order chi connectivity index (χ0) is 30.2. The molecule has 0 amide bonds. The van der Waals surface area contributed by atoms with Crippen molar-refractivity contribution in [3.63, 3.8) is 0 Å². The van der Waals surface area contributed by atoms with Crippen molar-refractivity contribution in [2.24, 2.45) is 0 Å². The highest BCUT2D eigenvalue weighted by molar-refractivity contribution is 7.26. The van der Waals surface area contributed by atoms with Crippen LogP contribution >= 0.6 is 11.3 Å². The van der Waals surface area contributed by atoms with Crippen molar-refractivity contribution >= 4 is 74.9 Å². The first-order valence-electron chi connectivity index (χ1n) is 15.6. The summed E-state index contributed by atoms with van der Waals surface area (Å²) in [6.45, 7) is 0. The molecular weight excluding hydrogens is 577 g/mol. The van der Waals surface area contributed by atoms with E-state index in [0.29, 0.717) is 0 Å². The molecule has 3 heteroatoms. The van der Waals surface area contributed by atoms with E-state index in [-0.39, 0.29) is 0 Å². The third-order valence-electron chi connectivity index (χ3n) is 9.38. The standard InChI is InChI=1S/C43H26N2S/c1-2-16-30-27(12-1)13-10-24-38(30)43-44-40-35-20-5-3-17-32(35)33-18-4-6-21-36(33)41(40)45(43)29-15-9-14-28(26-29)31-22-11-23-37-34-19-7-8-25-39(34)46-42(31)37/h1-26H. The van der Waals surface area contributed by atoms with Gasteiger partial charge in [0.25, 0.3) is 0 Å². The van der Waals surface area contributed by atoms with Crippen LogP contribution in [0.5, 0.6) is 0 Å². The second kappa shape index (κ2) is 9.87. The minimum Gasteiger partial charge on any atom is -0.292 e. The number of imidazole rings is 1. The lowest BCUT2D eigenvalue weighted by Gasteiger charge is -2.15. The van der Waals surface area contributed by atoms with Crippen LogP contribution in [0.3, 0.4) is 0 Å². The van der Waals surface area contributed by atoms with E-state index in [2.05, 4.69) is 162 Å². The molecule has 0 unspecified atom stereocenters. The van der Waals surface area contributed by atoms with Crippen molar-refractivity contribution < 1.29 is 0 Å². The first-order chi connectivity index (χ1) is 22.8. The Labute approximate surface area is 269 Å². The van der Waals surface area contributed by atoms with Gasteiger partial charge < -0.3 is 0 Å². The Hall–Kier alpha value is -5.77. The average molecular weight is 603 g/mol. The van der Waals surface area contributed by atoms with Gasteiger partial charge in [-0.1, -0.05) is 140 Å². The minimum atomic E-state index is 0.950. The van der Waals surface area contributed by atoms with Crippen molar-refractivity contribution in [3.8, 4) is 28.2 Å². The molecule has 2 nitrogen and oxygen atoms in total. The van der Waals surface area contributed by atoms with Gasteiger partial charge in [-0.15, -0.1) is 11.3 Å². The van der Waals surface area contributed by atoms with E-state index >= 15 is 0 Å². The zero-order valence-electron chi connectivity index (χ0n) is 24.8. The first kappa shape index (κ1) is 25.5. The largest absolute Gasteiger partial charge is 0.292 e. The summed E-state index contributed by atoms with van der Waals surface area (Å²) in [6.07, 6.45) is 0. The molecule has 0 saturated carbocycles. The van der Waals surface area contributed by atoms with Crippen LogP contribution in [0, 0.1) is 0 Å². The summed E-state index contributed by atoms with van der Waals surface area (Å²) in [5.41, 5.74) is 6.84. The molecule has 0 N–H and O–H groups in total. The van der Waals surface area contributed by atoms with Gasteiger partial charge in [-0.25, -0.2) is 4.98 Å². The number of aromatic nitrogens is 2. The minimum absolute atomic E-state index is 0.950. The van der Waals surface area contributed by atoms with E-state index in [4.69, 9.17) is 4.98 Å². The maximum atomic E-state index is 5.53. The monoisotopic (exact) mass is 602 g/mol. The Morgan fingerprint density at radius 2 is 1.07 bits per heavy atom. The van der Waals surface area contributed by atoms with Crippen molar-refractivity contribution in [1.82, 2.24) is 9.55 Å². The fourth-order valence-corrected chi connectivity index (χ4v) is 8.58. The molecule has 8 aromatic carbocycles. The first-order valence-corrected chi connectivity index (χ1v) is 16.5. The number of benzene rings is 8. The second-order valence-corrected chi connectivity index (χ2v) is 13.0. The number of hydrogen-bond acceptors (Lipinski definition) is 2. The fourth-order valence-electron chi connectivity index (χ4n) is 7.34. The van der Waals surface area contributed by atoms with E-state index in [1.54, 1.807) is 0 Å². The van der Waals surface area contributed by atoms with Gasteiger partial charge in [0.15, 0.2) is 0 Å². The van der Waals surface area contributed by atoms with Crippen molar-refractivity contribution in [1.29, 1.82) is 0 Å². The Balaban J connectivity index is 1.33. The Bertz CT molecular complexity index is 2810. The molecular formula is C43H26N2S. The van der Waals surface area contributed by atoms with Crippen molar-refractivity contribution in [3.05, 3.63) is 158 Å². The molecule has 0 fully saturated rings. The zero-order valence-corrected chi connectivity index (χ0v) is 25.6. The molecule has 0 spiro atoms. The second-order valence-electron chi connectivity index (χ2n) is 11.9. The molecule has 2 heterocycles. The van der Waals surface area contributed by atoms with E-state index in [0.717, 1.165) is 28.1 Å². The molecule has 10 aromatic rings. The lowest BCUT2D eigenvalue weighted by atomic mass is 9.99. The number of thiophene rings is 1. The molecule has 46 heavy (non-hydrogen) atoms. The van der Waals surface area contributed by atoms with Crippen LogP contribution in [0.15, 0.2) is 158 Å². The molecule has 2 aromatic heterocycles. The van der Waals surface area contributed by atoms with Crippen LogP contribution in [0.25, 0.3) is 91.7 Å². The van der Waals surface area contributed by atoms with Gasteiger partial charge in [0.1, 0.15) is 5.82 Å². The van der Waals surface area contributed by atoms with Gasteiger partial charge in [-0.3, -0.25) is 4.57 Å². The maximum absolute atomic E-state index is 5.53. The molecule has 0 bridgehead atoms. The van der Waals surface area contributed by atoms with Crippen LogP contribution in [0.1, 0.15) is 0 Å². The van der Waals surface area contributed by atoms with Gasteiger partial charge in [0, 0.05) is 42.2 Å². The summed E-state index contributed by atoms with van der Waals surface area (Å²) in [6, 6.07) is 57.1. The van der Waals surface area contributed by atoms with E-state index in [9.17, 15) is 0 Å². The normalized spacial score (nSPS) is 11.9. The highest BCUT2D eigenvalue weighted by Gasteiger charge is 2.21. The summed E-state index contributed by atoms with van der Waals surface area (Å²) in [4.78, 5) is 5.53. The lowest BCUT2D eigenvalue weighted by molar-refractivity contribution is 1.11. The number of hydrogen-bond donors (Lipinski definition) is 0. The third kappa shape index (κ3) is 3.67. The summed E-state index contributed by atoms with van der Waals surface area (Å²) in [5.74, 6) is 0.950. The Morgan fingerprint density at radius 1 is 0.457 bits per heavy atom. The molecule has 214 valence electrons. The fraction of sp³-hybridized carbons (Fsp3) is 0.